The number of methoxy groups -OCH3 is 2. The maximum atomic E-state index is 11.5. The van der Waals surface area contributed by atoms with E-state index in [4.69, 9.17) is 52.6 Å². The van der Waals surface area contributed by atoms with Gasteiger partial charge in [-0.1, -0.05) is 89.9 Å². The van der Waals surface area contributed by atoms with E-state index in [2.05, 4.69) is 34.5 Å². The van der Waals surface area contributed by atoms with Gasteiger partial charge in [0.15, 0.2) is 0 Å². The third kappa shape index (κ3) is 7.17. The molecule has 5 aromatic rings. The normalized spacial score (nSPS) is 16.2. The highest BCUT2D eigenvalue weighted by Gasteiger charge is 2.29. The topological polar surface area (TPSA) is 102 Å². The van der Waals surface area contributed by atoms with E-state index in [9.17, 15) is 4.79 Å². The Labute approximate surface area is 302 Å². The molecule has 2 aliphatic rings. The number of ether oxygens (including phenoxy) is 2. The molecule has 0 saturated carbocycles. The van der Waals surface area contributed by atoms with Crippen LogP contribution in [0.2, 0.25) is 10.0 Å². The summed E-state index contributed by atoms with van der Waals surface area (Å²) in [6.45, 7) is 2.59. The van der Waals surface area contributed by atoms with Crippen molar-refractivity contribution in [3.63, 3.8) is 0 Å². The molecule has 2 aromatic heterocycles. The second-order valence-corrected chi connectivity index (χ2v) is 13.5. The zero-order valence-corrected chi connectivity index (χ0v) is 29.5. The van der Waals surface area contributed by atoms with Crippen LogP contribution in [-0.4, -0.2) is 64.1 Å². The molecular weight excluding hydrogens is 671 g/mol. The fourth-order valence-electron chi connectivity index (χ4n) is 6.79. The fraction of sp³-hybridized carbons (Fsp3) is 0.308. The van der Waals surface area contributed by atoms with Gasteiger partial charge in [-0.2, -0.15) is 0 Å². The summed E-state index contributed by atoms with van der Waals surface area (Å²) in [5, 5.41) is 4.02. The molecule has 1 N–H and O–H groups in total. The number of carbonyl (C=O) groups is 1. The van der Waals surface area contributed by atoms with E-state index in [1.165, 1.54) is 5.56 Å². The minimum atomic E-state index is 0.127. The molecule has 0 bridgehead atoms. The van der Waals surface area contributed by atoms with Crippen molar-refractivity contribution in [1.82, 2.24) is 30.2 Å². The number of hydrogen-bond donors (Lipinski definition) is 1. The largest absolute Gasteiger partial charge is 0.480 e. The maximum absolute atomic E-state index is 11.5. The first-order valence-corrected chi connectivity index (χ1v) is 17.6. The van der Waals surface area contributed by atoms with Gasteiger partial charge in [0.25, 0.3) is 0 Å². The second-order valence-electron chi connectivity index (χ2n) is 12.8. The smallest absolute Gasteiger partial charge is 0.237 e. The van der Waals surface area contributed by atoms with E-state index >= 15 is 0 Å². The quantitative estimate of drug-likeness (QED) is 0.140. The second kappa shape index (κ2) is 15.1. The summed E-state index contributed by atoms with van der Waals surface area (Å²) in [5.41, 5.74) is 7.06. The molecule has 3 aromatic carbocycles. The zero-order chi connectivity index (χ0) is 34.6. The lowest BCUT2D eigenvalue weighted by Gasteiger charge is -2.39. The summed E-state index contributed by atoms with van der Waals surface area (Å²) in [5.74, 6) is 1.59. The van der Waals surface area contributed by atoms with Crippen molar-refractivity contribution in [2.45, 2.75) is 50.6 Å². The summed E-state index contributed by atoms with van der Waals surface area (Å²) < 4.78 is 11.3. The van der Waals surface area contributed by atoms with Crippen molar-refractivity contribution in [1.29, 1.82) is 0 Å². The summed E-state index contributed by atoms with van der Waals surface area (Å²) in [6.07, 6.45) is 7.41. The van der Waals surface area contributed by atoms with Gasteiger partial charge in [0, 0.05) is 60.3 Å². The van der Waals surface area contributed by atoms with Crippen LogP contribution in [-0.2, 0) is 17.8 Å². The van der Waals surface area contributed by atoms with Gasteiger partial charge in [0.2, 0.25) is 17.7 Å². The first kappa shape index (κ1) is 33.9. The molecule has 7 rings (SSSR count). The molecule has 256 valence electrons. The Morgan fingerprint density at radius 3 is 1.94 bits per heavy atom. The van der Waals surface area contributed by atoms with Gasteiger partial charge in [0.05, 0.1) is 48.0 Å². The number of hydrogen-bond acceptors (Lipinski definition) is 8. The van der Waals surface area contributed by atoms with Crippen molar-refractivity contribution in [2.24, 2.45) is 0 Å². The van der Waals surface area contributed by atoms with Crippen LogP contribution in [0.1, 0.15) is 48.6 Å². The highest BCUT2D eigenvalue weighted by molar-refractivity contribution is 6.39. The van der Waals surface area contributed by atoms with E-state index in [-0.39, 0.29) is 11.9 Å². The number of nitrogens with one attached hydrogen (secondary N) is 1. The third-order valence-corrected chi connectivity index (χ3v) is 10.3. The molecule has 2 fully saturated rings. The highest BCUT2D eigenvalue weighted by Crippen LogP contribution is 2.42. The Morgan fingerprint density at radius 1 is 0.780 bits per heavy atom. The predicted octanol–water partition coefficient (Wildman–Crippen LogP) is 7.79. The molecule has 50 heavy (non-hydrogen) atoms. The molecule has 0 spiro atoms. The number of carbonyl (C=O) groups excluding carboxylic acids is 1. The van der Waals surface area contributed by atoms with Crippen molar-refractivity contribution < 1.29 is 14.3 Å². The van der Waals surface area contributed by atoms with Gasteiger partial charge in [0.1, 0.15) is 11.4 Å². The van der Waals surface area contributed by atoms with Gasteiger partial charge < -0.3 is 14.8 Å². The highest BCUT2D eigenvalue weighted by atomic mass is 35.5. The van der Waals surface area contributed by atoms with Crippen LogP contribution >= 0.6 is 23.2 Å². The zero-order valence-electron chi connectivity index (χ0n) is 28.0. The van der Waals surface area contributed by atoms with Crippen LogP contribution in [0.15, 0.2) is 79.1 Å². The van der Waals surface area contributed by atoms with Gasteiger partial charge in [-0.25, -0.2) is 9.97 Å². The van der Waals surface area contributed by atoms with Gasteiger partial charge >= 0.3 is 0 Å². The van der Waals surface area contributed by atoms with E-state index < -0.39 is 0 Å². The molecule has 0 aliphatic carbocycles. The minimum Gasteiger partial charge on any atom is -0.480 e. The predicted molar refractivity (Wildman–Crippen MR) is 196 cm³/mol. The SMILES string of the molecule is COc1nc(-c2cccc(-c3cccc(-c4cnc(CN5CC(c6ccccc6)C5)c(OC)n4)c3Cl)c2Cl)cnc1CCC[C@@H]1CCC(=O)N1. The molecule has 0 radical (unpaired) electrons. The van der Waals surface area contributed by atoms with Crippen molar-refractivity contribution >= 4 is 29.1 Å². The first-order chi connectivity index (χ1) is 24.4. The lowest BCUT2D eigenvalue weighted by atomic mass is 9.91. The molecule has 1 atom stereocenters. The Hall–Kier alpha value is -4.57. The molecule has 2 saturated heterocycles. The molecule has 2 aliphatic heterocycles. The number of halogens is 2. The lowest BCUT2D eigenvalue weighted by Crippen LogP contribution is -2.44. The summed E-state index contributed by atoms with van der Waals surface area (Å²) in [4.78, 5) is 33.0. The van der Waals surface area contributed by atoms with Crippen LogP contribution in [0.25, 0.3) is 33.6 Å². The van der Waals surface area contributed by atoms with E-state index in [0.29, 0.717) is 64.1 Å². The number of aryl methyl sites for hydroxylation is 1. The number of amides is 1. The van der Waals surface area contributed by atoms with E-state index in [1.54, 1.807) is 26.6 Å². The van der Waals surface area contributed by atoms with Crippen LogP contribution in [0.4, 0.5) is 0 Å². The molecule has 4 heterocycles. The number of benzene rings is 3. The number of rotatable bonds is 12. The molecule has 0 unspecified atom stereocenters. The Bertz CT molecular complexity index is 2000. The monoisotopic (exact) mass is 708 g/mol. The average molecular weight is 710 g/mol. The number of aromatic nitrogens is 4. The Kier molecular flexibility index (Phi) is 10.3. The summed E-state index contributed by atoms with van der Waals surface area (Å²) in [6, 6.07) is 22.4. The van der Waals surface area contributed by atoms with Crippen LogP contribution in [0.5, 0.6) is 11.8 Å². The molecule has 1 amide bonds. The Morgan fingerprint density at radius 2 is 1.36 bits per heavy atom. The first-order valence-electron chi connectivity index (χ1n) is 16.9. The van der Waals surface area contributed by atoms with Gasteiger partial charge in [-0.05, 0) is 31.2 Å². The maximum Gasteiger partial charge on any atom is 0.237 e. The van der Waals surface area contributed by atoms with Crippen LogP contribution < -0.4 is 14.8 Å². The van der Waals surface area contributed by atoms with Crippen molar-refractivity contribution in [3.8, 4) is 45.4 Å². The van der Waals surface area contributed by atoms with Crippen molar-refractivity contribution in [2.75, 3.05) is 27.3 Å². The standard InChI is InChI=1S/C39H38Cl2N6O3/c1-49-38-31(16-6-11-26-17-18-35(48)44-26)42-19-32(45-38)29-14-7-12-27(36(29)40)28-13-8-15-30(37(28)41)33-20-43-34(39(46-33)50-2)23-47-21-25(22-47)24-9-4-3-5-10-24/h3-5,7-10,12-15,19-20,25-26H,6,11,16-18,21-23H2,1-2H3,(H,44,48)/t26-/m1/s1. The van der Waals surface area contributed by atoms with Crippen LogP contribution in [0, 0.1) is 0 Å². The lowest BCUT2D eigenvalue weighted by molar-refractivity contribution is -0.119. The number of likely N-dealkylation sites (tertiary alicyclic amines) is 1. The third-order valence-electron chi connectivity index (χ3n) is 9.50. The fourth-order valence-corrected chi connectivity index (χ4v) is 7.44. The molecule has 9 nitrogen and oxygen atoms in total. The average Bonchev–Trinajstić information content (AvgIpc) is 3.55. The van der Waals surface area contributed by atoms with E-state index in [1.807, 2.05) is 42.5 Å². The van der Waals surface area contributed by atoms with Crippen LogP contribution in [0.3, 0.4) is 0 Å². The molecule has 11 heteroatoms. The Balaban J connectivity index is 1.09. The molecular formula is C39H38Cl2N6O3. The summed E-state index contributed by atoms with van der Waals surface area (Å²) >= 11 is 14.2. The minimum absolute atomic E-state index is 0.127. The van der Waals surface area contributed by atoms with Gasteiger partial charge in [-0.3, -0.25) is 19.7 Å². The number of nitrogens with zero attached hydrogens (tertiary/aromatic N) is 5. The summed E-state index contributed by atoms with van der Waals surface area (Å²) in [7, 11) is 3.21. The van der Waals surface area contributed by atoms with Crippen molar-refractivity contribution in [3.05, 3.63) is 106 Å². The van der Waals surface area contributed by atoms with E-state index in [0.717, 1.165) is 60.4 Å². The van der Waals surface area contributed by atoms with Gasteiger partial charge in [-0.15, -0.1) is 0 Å².